The Morgan fingerprint density at radius 1 is 1.38 bits per heavy atom. The molecule has 2 aromatic rings. The summed E-state index contributed by atoms with van der Waals surface area (Å²) in [6.07, 6.45) is 2.09. The highest BCUT2D eigenvalue weighted by Gasteiger charge is 2.18. The van der Waals surface area contributed by atoms with Crippen molar-refractivity contribution in [2.24, 2.45) is 5.92 Å². The van der Waals surface area contributed by atoms with Crippen LogP contribution in [0, 0.1) is 19.8 Å². The van der Waals surface area contributed by atoms with Gasteiger partial charge in [0.05, 0.1) is 12.7 Å². The van der Waals surface area contributed by atoms with Crippen molar-refractivity contribution in [1.82, 2.24) is 10.6 Å². The van der Waals surface area contributed by atoms with E-state index in [1.165, 1.54) is 5.56 Å². The zero-order chi connectivity index (χ0) is 14.1. The molecule has 0 radical (unpaired) electrons. The maximum Gasteiger partial charge on any atom is 0.224 e. The van der Waals surface area contributed by atoms with Crippen molar-refractivity contribution in [2.45, 2.75) is 20.3 Å². The fourth-order valence-corrected chi connectivity index (χ4v) is 2.51. The second-order valence-electron chi connectivity index (χ2n) is 5.65. The number of furan rings is 1. The van der Waals surface area contributed by atoms with Gasteiger partial charge in [-0.1, -0.05) is 12.1 Å². The van der Waals surface area contributed by atoms with Gasteiger partial charge in [-0.05, 0) is 25.0 Å². The molecule has 1 aliphatic rings. The van der Waals surface area contributed by atoms with Gasteiger partial charge in [0.25, 0.3) is 0 Å². The van der Waals surface area contributed by atoms with Gasteiger partial charge in [0.2, 0.25) is 5.91 Å². The predicted octanol–water partition coefficient (Wildman–Crippen LogP) is 2.35. The lowest BCUT2D eigenvalue weighted by Crippen LogP contribution is -2.48. The van der Waals surface area contributed by atoms with Crippen LogP contribution in [0.15, 0.2) is 22.8 Å². The molecule has 21 heavy (non-hydrogen) atoms. The first-order chi connectivity index (χ1) is 9.65. The summed E-state index contributed by atoms with van der Waals surface area (Å²) >= 11 is 0. The van der Waals surface area contributed by atoms with E-state index in [1.54, 1.807) is 6.26 Å². The Balaban J connectivity index is 0.00000161. The molecular formula is C16H21ClN2O2. The summed E-state index contributed by atoms with van der Waals surface area (Å²) in [6.45, 7) is 6.89. The van der Waals surface area contributed by atoms with Gasteiger partial charge >= 0.3 is 0 Å². The van der Waals surface area contributed by atoms with Crippen molar-refractivity contribution in [3.63, 3.8) is 0 Å². The Morgan fingerprint density at radius 3 is 2.81 bits per heavy atom. The molecule has 5 heteroatoms. The summed E-state index contributed by atoms with van der Waals surface area (Å²) in [5.41, 5.74) is 4.22. The van der Waals surface area contributed by atoms with Gasteiger partial charge in [-0.3, -0.25) is 4.79 Å². The maximum absolute atomic E-state index is 12.0. The van der Waals surface area contributed by atoms with Crippen LogP contribution in [0.2, 0.25) is 0 Å². The van der Waals surface area contributed by atoms with E-state index >= 15 is 0 Å². The standard InChI is InChI=1S/C16H20N2O2.ClH/c1-10-3-4-14-13(9-20-16(14)11(10)2)5-15(19)18-8-12-6-17-7-12;/h3-4,9,12,17H,5-8H2,1-2H3,(H,18,19);1H. The van der Waals surface area contributed by atoms with Gasteiger partial charge < -0.3 is 15.1 Å². The molecule has 0 saturated carbocycles. The van der Waals surface area contributed by atoms with Crippen LogP contribution in [0.5, 0.6) is 0 Å². The summed E-state index contributed by atoms with van der Waals surface area (Å²) in [4.78, 5) is 12.0. The second-order valence-corrected chi connectivity index (χ2v) is 5.65. The van der Waals surface area contributed by atoms with Crippen molar-refractivity contribution < 1.29 is 9.21 Å². The molecule has 1 aromatic carbocycles. The van der Waals surface area contributed by atoms with E-state index in [-0.39, 0.29) is 18.3 Å². The van der Waals surface area contributed by atoms with Crippen LogP contribution in [-0.4, -0.2) is 25.5 Å². The second kappa shape index (κ2) is 6.50. The van der Waals surface area contributed by atoms with Gasteiger partial charge in [-0.2, -0.15) is 0 Å². The summed E-state index contributed by atoms with van der Waals surface area (Å²) < 4.78 is 5.63. The van der Waals surface area contributed by atoms with E-state index in [0.29, 0.717) is 12.3 Å². The monoisotopic (exact) mass is 308 g/mol. The Hall–Kier alpha value is -1.52. The van der Waals surface area contributed by atoms with Crippen molar-refractivity contribution >= 4 is 29.3 Å². The lowest BCUT2D eigenvalue weighted by molar-refractivity contribution is -0.120. The number of carbonyl (C=O) groups excluding carboxylic acids is 1. The first-order valence-electron chi connectivity index (χ1n) is 7.09. The number of halogens is 1. The third kappa shape index (κ3) is 3.22. The molecule has 2 heterocycles. The van der Waals surface area contributed by atoms with Crippen LogP contribution in [0.3, 0.4) is 0 Å². The number of aryl methyl sites for hydroxylation is 2. The molecule has 0 unspecified atom stereocenters. The van der Waals surface area contributed by atoms with Crippen molar-refractivity contribution in [1.29, 1.82) is 0 Å². The number of benzene rings is 1. The molecule has 1 saturated heterocycles. The number of amides is 1. The molecule has 1 fully saturated rings. The number of hydrogen-bond donors (Lipinski definition) is 2. The first-order valence-corrected chi connectivity index (χ1v) is 7.09. The third-order valence-electron chi connectivity index (χ3n) is 4.15. The largest absolute Gasteiger partial charge is 0.464 e. The SMILES string of the molecule is Cc1ccc2c(CC(=O)NCC3CNC3)coc2c1C.Cl. The summed E-state index contributed by atoms with van der Waals surface area (Å²) in [6, 6.07) is 4.12. The van der Waals surface area contributed by atoms with Crippen LogP contribution >= 0.6 is 12.4 Å². The summed E-state index contributed by atoms with van der Waals surface area (Å²) in [7, 11) is 0. The fourth-order valence-electron chi connectivity index (χ4n) is 2.51. The molecule has 1 aliphatic heterocycles. The normalized spacial score (nSPS) is 14.6. The quantitative estimate of drug-likeness (QED) is 0.911. The molecule has 1 amide bonds. The van der Waals surface area contributed by atoms with Crippen molar-refractivity contribution in [3.8, 4) is 0 Å². The highest BCUT2D eigenvalue weighted by atomic mass is 35.5. The average molecular weight is 309 g/mol. The van der Waals surface area contributed by atoms with Gasteiger partial charge in [-0.15, -0.1) is 12.4 Å². The van der Waals surface area contributed by atoms with E-state index in [0.717, 1.165) is 41.7 Å². The zero-order valence-corrected chi connectivity index (χ0v) is 13.2. The highest BCUT2D eigenvalue weighted by molar-refractivity contribution is 5.89. The third-order valence-corrected chi connectivity index (χ3v) is 4.15. The molecule has 2 N–H and O–H groups in total. The number of rotatable bonds is 4. The minimum atomic E-state index is 0. The Kier molecular flexibility index (Phi) is 4.91. The lowest BCUT2D eigenvalue weighted by atomic mass is 10.0. The molecule has 4 nitrogen and oxygen atoms in total. The zero-order valence-electron chi connectivity index (χ0n) is 12.4. The number of carbonyl (C=O) groups is 1. The molecule has 0 aliphatic carbocycles. The smallest absolute Gasteiger partial charge is 0.224 e. The van der Waals surface area contributed by atoms with Crippen molar-refractivity contribution in [2.75, 3.05) is 19.6 Å². The molecule has 0 atom stereocenters. The molecule has 0 bridgehead atoms. The van der Waals surface area contributed by atoms with Crippen molar-refractivity contribution in [3.05, 3.63) is 35.1 Å². The summed E-state index contributed by atoms with van der Waals surface area (Å²) in [5, 5.41) is 7.24. The van der Waals surface area contributed by atoms with Crippen LogP contribution in [0.4, 0.5) is 0 Å². The molecule has 0 spiro atoms. The van der Waals surface area contributed by atoms with Crippen LogP contribution < -0.4 is 10.6 Å². The van der Waals surface area contributed by atoms with Crippen LogP contribution in [-0.2, 0) is 11.2 Å². The molecule has 114 valence electrons. The predicted molar refractivity (Wildman–Crippen MR) is 86.0 cm³/mol. The van der Waals surface area contributed by atoms with E-state index < -0.39 is 0 Å². The highest BCUT2D eigenvalue weighted by Crippen LogP contribution is 2.26. The molecular weight excluding hydrogens is 288 g/mol. The van der Waals surface area contributed by atoms with Gasteiger partial charge in [0.1, 0.15) is 5.58 Å². The number of hydrogen-bond acceptors (Lipinski definition) is 3. The van der Waals surface area contributed by atoms with Gasteiger partial charge in [0, 0.05) is 36.5 Å². The average Bonchev–Trinajstić information content (AvgIpc) is 2.76. The van der Waals surface area contributed by atoms with Crippen LogP contribution in [0.25, 0.3) is 11.0 Å². The Bertz CT molecular complexity index is 647. The van der Waals surface area contributed by atoms with E-state index in [4.69, 9.17) is 4.42 Å². The minimum Gasteiger partial charge on any atom is -0.464 e. The summed E-state index contributed by atoms with van der Waals surface area (Å²) in [5.74, 6) is 0.655. The fraction of sp³-hybridized carbons (Fsp3) is 0.438. The molecule has 3 rings (SSSR count). The van der Waals surface area contributed by atoms with E-state index in [9.17, 15) is 4.79 Å². The number of nitrogens with one attached hydrogen (secondary N) is 2. The first kappa shape index (κ1) is 15.9. The topological polar surface area (TPSA) is 54.3 Å². The van der Waals surface area contributed by atoms with E-state index in [1.807, 2.05) is 6.07 Å². The minimum absolute atomic E-state index is 0. The van der Waals surface area contributed by atoms with Crippen LogP contribution in [0.1, 0.15) is 16.7 Å². The Labute approximate surface area is 130 Å². The van der Waals surface area contributed by atoms with Gasteiger partial charge in [0.15, 0.2) is 0 Å². The maximum atomic E-state index is 12.0. The number of fused-ring (bicyclic) bond motifs is 1. The molecule has 1 aromatic heterocycles. The lowest BCUT2D eigenvalue weighted by Gasteiger charge is -2.27. The van der Waals surface area contributed by atoms with E-state index in [2.05, 4.69) is 30.5 Å². The Morgan fingerprint density at radius 2 is 2.14 bits per heavy atom. The van der Waals surface area contributed by atoms with Gasteiger partial charge in [-0.25, -0.2) is 0 Å².